The molecule has 0 N–H and O–H groups in total. The number of nitrogens with zero attached hydrogens (tertiary/aromatic N) is 3. The Hall–Kier alpha value is -3.36. The largest absolute Gasteiger partial charge is 0.416 e. The first-order chi connectivity index (χ1) is 14.1. The maximum Gasteiger partial charge on any atom is 0.416 e. The minimum atomic E-state index is -4.46. The van der Waals surface area contributed by atoms with Crippen molar-refractivity contribution in [3.05, 3.63) is 83.7 Å². The van der Waals surface area contributed by atoms with Crippen molar-refractivity contribution in [3.8, 4) is 11.1 Å². The van der Waals surface area contributed by atoms with Gasteiger partial charge in [-0.2, -0.15) is 31.4 Å². The molecule has 0 aliphatic rings. The van der Waals surface area contributed by atoms with Gasteiger partial charge >= 0.3 is 12.4 Å². The van der Waals surface area contributed by atoms with Crippen molar-refractivity contribution < 1.29 is 26.3 Å². The van der Waals surface area contributed by atoms with Crippen LogP contribution in [0.4, 0.5) is 26.3 Å². The molecule has 2 heterocycles. The summed E-state index contributed by atoms with van der Waals surface area (Å²) in [5.74, 6) is 0. The topological polar surface area (TPSA) is 30.7 Å². The molecule has 0 unspecified atom stereocenters. The lowest BCUT2D eigenvalue weighted by atomic mass is 10.0. The van der Waals surface area contributed by atoms with E-state index in [1.165, 1.54) is 30.6 Å². The van der Waals surface area contributed by atoms with Crippen molar-refractivity contribution in [1.82, 2.24) is 14.8 Å². The molecule has 0 atom stereocenters. The molecule has 0 fully saturated rings. The Labute approximate surface area is 166 Å². The molecular formula is C21H13F6N3. The average Bonchev–Trinajstić information content (AvgIpc) is 3.09. The van der Waals surface area contributed by atoms with E-state index in [4.69, 9.17) is 0 Å². The second-order valence-electron chi connectivity index (χ2n) is 6.70. The van der Waals surface area contributed by atoms with Crippen molar-refractivity contribution in [2.75, 3.05) is 0 Å². The summed E-state index contributed by atoms with van der Waals surface area (Å²) in [6.07, 6.45) is -5.92. The van der Waals surface area contributed by atoms with Crippen LogP contribution in [0.1, 0.15) is 16.7 Å². The smallest absolute Gasteiger partial charge is 0.259 e. The van der Waals surface area contributed by atoms with E-state index in [0.29, 0.717) is 27.7 Å². The molecule has 0 spiro atoms. The lowest BCUT2D eigenvalue weighted by Crippen LogP contribution is -2.06. The van der Waals surface area contributed by atoms with Gasteiger partial charge in [-0.3, -0.25) is 9.67 Å². The normalized spacial score (nSPS) is 12.5. The molecule has 30 heavy (non-hydrogen) atoms. The van der Waals surface area contributed by atoms with Crippen molar-refractivity contribution in [1.29, 1.82) is 0 Å². The van der Waals surface area contributed by atoms with Crippen LogP contribution in [0.2, 0.25) is 0 Å². The van der Waals surface area contributed by atoms with Gasteiger partial charge in [0.15, 0.2) is 0 Å². The first-order valence-electron chi connectivity index (χ1n) is 8.76. The Bertz CT molecular complexity index is 1190. The molecule has 4 aromatic rings. The number of aromatic nitrogens is 3. The van der Waals surface area contributed by atoms with Gasteiger partial charge in [0.25, 0.3) is 0 Å². The average molecular weight is 421 g/mol. The number of alkyl halides is 6. The lowest BCUT2D eigenvalue weighted by molar-refractivity contribution is -0.138. The Morgan fingerprint density at radius 2 is 1.43 bits per heavy atom. The highest BCUT2D eigenvalue weighted by molar-refractivity contribution is 5.80. The minimum Gasteiger partial charge on any atom is -0.259 e. The summed E-state index contributed by atoms with van der Waals surface area (Å²) >= 11 is 0. The van der Waals surface area contributed by atoms with Gasteiger partial charge in [-0.1, -0.05) is 24.3 Å². The molecule has 0 saturated carbocycles. The fourth-order valence-corrected chi connectivity index (χ4v) is 3.09. The van der Waals surface area contributed by atoms with Gasteiger partial charge in [-0.25, -0.2) is 0 Å². The molecule has 0 saturated heterocycles. The van der Waals surface area contributed by atoms with Crippen LogP contribution >= 0.6 is 0 Å². The molecule has 3 nitrogen and oxygen atoms in total. The van der Waals surface area contributed by atoms with E-state index in [1.807, 2.05) is 0 Å². The van der Waals surface area contributed by atoms with Crippen molar-refractivity contribution >= 4 is 11.0 Å². The number of pyridine rings is 1. The molecule has 0 amide bonds. The molecule has 9 heteroatoms. The molecule has 2 aromatic heterocycles. The van der Waals surface area contributed by atoms with Crippen LogP contribution in [0.25, 0.3) is 22.2 Å². The van der Waals surface area contributed by atoms with Crippen LogP contribution in [0.5, 0.6) is 0 Å². The fourth-order valence-electron chi connectivity index (χ4n) is 3.09. The van der Waals surface area contributed by atoms with Gasteiger partial charge in [-0.15, -0.1) is 0 Å². The van der Waals surface area contributed by atoms with Crippen molar-refractivity contribution in [2.24, 2.45) is 0 Å². The molecule has 4 rings (SSSR count). The zero-order chi connectivity index (χ0) is 21.5. The molecule has 2 aromatic carbocycles. The molecule has 154 valence electrons. The monoisotopic (exact) mass is 421 g/mol. The second-order valence-corrected chi connectivity index (χ2v) is 6.70. The van der Waals surface area contributed by atoms with Crippen LogP contribution in [-0.2, 0) is 18.9 Å². The molecule has 0 aliphatic heterocycles. The van der Waals surface area contributed by atoms with Gasteiger partial charge < -0.3 is 0 Å². The number of fused-ring (bicyclic) bond motifs is 1. The standard InChI is InChI=1S/C21H13F6N3/c22-20(23,24)16-6-4-13(5-7-16)12-30-19-9-15(10-28-18(19)11-29-30)14-2-1-3-17(8-14)21(25,26)27/h1-11H,12H2. The van der Waals surface area contributed by atoms with E-state index in [-0.39, 0.29) is 6.54 Å². The third kappa shape index (κ3) is 4.00. The van der Waals surface area contributed by atoms with E-state index in [1.54, 1.807) is 16.8 Å². The number of halogens is 6. The SMILES string of the molecule is FC(F)(F)c1ccc(Cn2ncc3ncc(-c4cccc(C(F)(F)F)c4)cc32)cc1. The number of rotatable bonds is 3. The van der Waals surface area contributed by atoms with Gasteiger partial charge in [0.05, 0.1) is 29.4 Å². The van der Waals surface area contributed by atoms with E-state index < -0.39 is 23.5 Å². The molecular weight excluding hydrogens is 408 g/mol. The maximum absolute atomic E-state index is 13.0. The van der Waals surface area contributed by atoms with E-state index >= 15 is 0 Å². The summed E-state index contributed by atoms with van der Waals surface area (Å²) in [6.45, 7) is 0.190. The van der Waals surface area contributed by atoms with Crippen molar-refractivity contribution in [2.45, 2.75) is 18.9 Å². The summed E-state index contributed by atoms with van der Waals surface area (Å²) in [5, 5.41) is 4.21. The Morgan fingerprint density at radius 1 is 0.733 bits per heavy atom. The fraction of sp³-hybridized carbons (Fsp3) is 0.143. The van der Waals surface area contributed by atoms with Crippen LogP contribution in [-0.4, -0.2) is 14.8 Å². The van der Waals surface area contributed by atoms with Gasteiger partial charge in [0.2, 0.25) is 0 Å². The summed E-state index contributed by atoms with van der Waals surface area (Å²) in [5.41, 5.74) is 0.993. The zero-order valence-corrected chi connectivity index (χ0v) is 15.2. The Kier molecular flexibility index (Phi) is 4.76. The van der Waals surface area contributed by atoms with Crippen LogP contribution < -0.4 is 0 Å². The quantitative estimate of drug-likeness (QED) is 0.370. The predicted octanol–water partition coefficient (Wildman–Crippen LogP) is 6.18. The lowest BCUT2D eigenvalue weighted by Gasteiger charge is -2.10. The highest BCUT2D eigenvalue weighted by Crippen LogP contribution is 2.33. The van der Waals surface area contributed by atoms with Crippen LogP contribution in [0, 0.1) is 0 Å². The van der Waals surface area contributed by atoms with Crippen LogP contribution in [0.3, 0.4) is 0 Å². The summed E-state index contributed by atoms with van der Waals surface area (Å²) in [6, 6.07) is 11.3. The van der Waals surface area contributed by atoms with E-state index in [9.17, 15) is 26.3 Å². The first kappa shape index (κ1) is 19.9. The van der Waals surface area contributed by atoms with Gasteiger partial charge in [0.1, 0.15) is 5.52 Å². The van der Waals surface area contributed by atoms with Gasteiger partial charge in [0, 0.05) is 11.8 Å². The molecule has 0 bridgehead atoms. The third-order valence-electron chi connectivity index (χ3n) is 4.63. The summed E-state index contributed by atoms with van der Waals surface area (Å²) < 4.78 is 78.7. The zero-order valence-electron chi connectivity index (χ0n) is 15.2. The number of hydrogen-bond donors (Lipinski definition) is 0. The first-order valence-corrected chi connectivity index (χ1v) is 8.76. The summed E-state index contributed by atoms with van der Waals surface area (Å²) in [7, 11) is 0. The van der Waals surface area contributed by atoms with Crippen molar-refractivity contribution in [3.63, 3.8) is 0 Å². The van der Waals surface area contributed by atoms with E-state index in [2.05, 4.69) is 10.1 Å². The Morgan fingerprint density at radius 3 is 2.10 bits per heavy atom. The highest BCUT2D eigenvalue weighted by Gasteiger charge is 2.31. The maximum atomic E-state index is 13.0. The second kappa shape index (κ2) is 7.16. The minimum absolute atomic E-state index is 0.190. The highest BCUT2D eigenvalue weighted by atomic mass is 19.4. The van der Waals surface area contributed by atoms with Gasteiger partial charge in [-0.05, 0) is 41.5 Å². The van der Waals surface area contributed by atoms with Crippen LogP contribution in [0.15, 0.2) is 67.0 Å². The number of benzene rings is 2. The molecule has 0 radical (unpaired) electrons. The number of hydrogen-bond acceptors (Lipinski definition) is 2. The third-order valence-corrected chi connectivity index (χ3v) is 4.63. The predicted molar refractivity (Wildman–Crippen MR) is 98.5 cm³/mol. The summed E-state index contributed by atoms with van der Waals surface area (Å²) in [4.78, 5) is 4.24. The molecule has 0 aliphatic carbocycles. The van der Waals surface area contributed by atoms with E-state index in [0.717, 1.165) is 24.3 Å². The Balaban J connectivity index is 1.67.